The van der Waals surface area contributed by atoms with Gasteiger partial charge in [0.2, 0.25) is 5.95 Å². The van der Waals surface area contributed by atoms with Crippen LogP contribution in [0.4, 0.5) is 10.3 Å². The van der Waals surface area contributed by atoms with Crippen molar-refractivity contribution in [3.05, 3.63) is 41.3 Å². The number of anilines is 1. The van der Waals surface area contributed by atoms with E-state index in [0.29, 0.717) is 22.5 Å². The van der Waals surface area contributed by atoms with Gasteiger partial charge in [0.1, 0.15) is 5.82 Å². The Balaban J connectivity index is 2.71. The summed E-state index contributed by atoms with van der Waals surface area (Å²) in [6.45, 7) is 3.57. The van der Waals surface area contributed by atoms with E-state index in [0.717, 1.165) is 0 Å². The quantitative estimate of drug-likeness (QED) is 0.759. The summed E-state index contributed by atoms with van der Waals surface area (Å²) in [6, 6.07) is 5.75. The molecule has 24 heavy (non-hydrogen) atoms. The Morgan fingerprint density at radius 3 is 2.21 bits per heavy atom. The second kappa shape index (κ2) is 7.02. The predicted octanol–water partition coefficient (Wildman–Crippen LogP) is 3.63. The summed E-state index contributed by atoms with van der Waals surface area (Å²) in [5.41, 5.74) is 2.22. The molecule has 2 rings (SSSR count). The highest BCUT2D eigenvalue weighted by atomic mass is 32.3. The van der Waals surface area contributed by atoms with Gasteiger partial charge in [0.15, 0.2) is 0 Å². The highest BCUT2D eigenvalue weighted by molar-refractivity contribution is 8.24. The maximum Gasteiger partial charge on any atom is 0.244 e. The van der Waals surface area contributed by atoms with Crippen LogP contribution in [-0.4, -0.2) is 37.5 Å². The molecular formula is C16H22FN3O3S. The van der Waals surface area contributed by atoms with Crippen LogP contribution in [-0.2, 0) is 6.61 Å². The Morgan fingerprint density at radius 2 is 1.75 bits per heavy atom. The van der Waals surface area contributed by atoms with E-state index >= 15 is 0 Å². The van der Waals surface area contributed by atoms with Crippen LogP contribution in [0, 0.1) is 5.82 Å². The molecule has 0 fully saturated rings. The molecule has 0 aliphatic rings. The van der Waals surface area contributed by atoms with Crippen molar-refractivity contribution in [3.8, 4) is 11.3 Å². The summed E-state index contributed by atoms with van der Waals surface area (Å²) in [5, 5.41) is 9.79. The van der Waals surface area contributed by atoms with Crippen molar-refractivity contribution in [2.45, 2.75) is 26.4 Å². The van der Waals surface area contributed by atoms with Crippen LogP contribution in [0.3, 0.4) is 0 Å². The van der Waals surface area contributed by atoms with Gasteiger partial charge in [-0.25, -0.2) is 18.7 Å². The molecule has 0 aliphatic carbocycles. The fraction of sp³-hybridized carbons (Fsp3) is 0.375. The van der Waals surface area contributed by atoms with Crippen LogP contribution in [0.15, 0.2) is 24.3 Å². The van der Waals surface area contributed by atoms with Crippen molar-refractivity contribution < 1.29 is 18.6 Å². The number of rotatable bonds is 5. The molecule has 0 unspecified atom stereocenters. The van der Waals surface area contributed by atoms with Crippen molar-refractivity contribution in [1.82, 2.24) is 9.97 Å². The molecule has 0 saturated carbocycles. The first-order valence-electron chi connectivity index (χ1n) is 7.39. The maximum atomic E-state index is 13.2. The minimum atomic E-state index is -3.04. The van der Waals surface area contributed by atoms with Crippen LogP contribution >= 0.6 is 10.8 Å². The van der Waals surface area contributed by atoms with Crippen LogP contribution < -0.4 is 4.31 Å². The number of nitrogens with zero attached hydrogens (tertiary/aromatic N) is 3. The number of halogens is 1. The lowest BCUT2D eigenvalue weighted by atomic mass is 9.99. The second-order valence-corrected chi connectivity index (χ2v) is 7.98. The lowest BCUT2D eigenvalue weighted by molar-refractivity contribution is 0.279. The topological polar surface area (TPSA) is 89.7 Å². The molecule has 1 aromatic carbocycles. The van der Waals surface area contributed by atoms with Crippen molar-refractivity contribution in [2.24, 2.45) is 0 Å². The van der Waals surface area contributed by atoms with Crippen LogP contribution in [0.5, 0.6) is 0 Å². The number of hydrogen-bond donors (Lipinski definition) is 3. The Kier molecular flexibility index (Phi) is 5.44. The van der Waals surface area contributed by atoms with E-state index in [1.165, 1.54) is 29.7 Å². The van der Waals surface area contributed by atoms with Gasteiger partial charge in [-0.15, -0.1) is 10.8 Å². The molecule has 6 nitrogen and oxygen atoms in total. The van der Waals surface area contributed by atoms with Crippen molar-refractivity contribution in [2.75, 3.05) is 17.6 Å². The Hall–Kier alpha value is -1.74. The summed E-state index contributed by atoms with van der Waals surface area (Å²) in [4.78, 5) is 8.78. The molecule has 0 amide bonds. The van der Waals surface area contributed by atoms with Gasteiger partial charge >= 0.3 is 0 Å². The SMILES string of the molecule is CC(C)c1nc(N(C)S(C)(O)O)nc(-c2ccc(F)cc2)c1CO. The predicted molar refractivity (Wildman–Crippen MR) is 94.6 cm³/mol. The number of hydrogen-bond acceptors (Lipinski definition) is 6. The zero-order valence-electron chi connectivity index (χ0n) is 14.1. The van der Waals surface area contributed by atoms with Gasteiger partial charge in [-0.2, -0.15) is 0 Å². The van der Waals surface area contributed by atoms with Crippen LogP contribution in [0.2, 0.25) is 0 Å². The van der Waals surface area contributed by atoms with Gasteiger partial charge in [-0.3, -0.25) is 9.11 Å². The maximum absolute atomic E-state index is 13.2. The van der Waals surface area contributed by atoms with Gasteiger partial charge in [0.05, 0.1) is 18.0 Å². The first-order chi connectivity index (χ1) is 11.1. The van der Waals surface area contributed by atoms with Crippen molar-refractivity contribution >= 4 is 16.7 Å². The normalized spacial score (nSPS) is 12.5. The lowest BCUT2D eigenvalue weighted by Gasteiger charge is -2.37. The molecule has 0 radical (unpaired) electrons. The number of benzene rings is 1. The average molecular weight is 355 g/mol. The molecule has 0 aliphatic heterocycles. The Morgan fingerprint density at radius 1 is 1.17 bits per heavy atom. The number of aromatic nitrogens is 2. The summed E-state index contributed by atoms with van der Waals surface area (Å²) < 4.78 is 34.2. The van der Waals surface area contributed by atoms with Gasteiger partial charge in [-0.1, -0.05) is 13.8 Å². The number of aliphatic hydroxyl groups is 1. The Labute approximate surface area is 142 Å². The van der Waals surface area contributed by atoms with E-state index in [2.05, 4.69) is 9.97 Å². The molecule has 1 aromatic heterocycles. The molecule has 2 aromatic rings. The summed E-state index contributed by atoms with van der Waals surface area (Å²) >= 11 is 0. The standard InChI is InChI=1S/C16H22FN3O3S/c1-10(2)14-13(9-21)15(11-5-7-12(17)8-6-11)19-16(18-14)20(3)24(4,22)23/h5-8,10,21-23H,9H2,1-4H3. The van der Waals surface area contributed by atoms with Crippen LogP contribution in [0.25, 0.3) is 11.3 Å². The third kappa shape index (κ3) is 3.84. The smallest absolute Gasteiger partial charge is 0.244 e. The average Bonchev–Trinajstić information content (AvgIpc) is 2.52. The monoisotopic (exact) mass is 355 g/mol. The molecular weight excluding hydrogens is 333 g/mol. The Bertz CT molecular complexity index is 718. The summed E-state index contributed by atoms with van der Waals surface area (Å²) in [5.74, 6) is -0.250. The molecule has 132 valence electrons. The third-order valence-corrected chi connectivity index (χ3v) is 4.85. The molecule has 1 heterocycles. The summed E-state index contributed by atoms with van der Waals surface area (Å²) in [7, 11) is -1.55. The zero-order valence-corrected chi connectivity index (χ0v) is 14.9. The highest BCUT2D eigenvalue weighted by Crippen LogP contribution is 2.41. The van der Waals surface area contributed by atoms with E-state index in [1.807, 2.05) is 13.8 Å². The molecule has 8 heteroatoms. The highest BCUT2D eigenvalue weighted by Gasteiger charge is 2.22. The van der Waals surface area contributed by atoms with E-state index in [1.54, 1.807) is 12.1 Å². The van der Waals surface area contributed by atoms with Gasteiger partial charge < -0.3 is 5.11 Å². The minimum absolute atomic E-state index is 0.0138. The first-order valence-corrected chi connectivity index (χ1v) is 9.31. The second-order valence-electron chi connectivity index (χ2n) is 5.85. The van der Waals surface area contributed by atoms with Crippen molar-refractivity contribution in [3.63, 3.8) is 0 Å². The van der Waals surface area contributed by atoms with E-state index < -0.39 is 10.8 Å². The summed E-state index contributed by atoms with van der Waals surface area (Å²) in [6.07, 6.45) is 1.28. The molecule has 0 saturated heterocycles. The number of aliphatic hydroxyl groups excluding tert-OH is 1. The van der Waals surface area contributed by atoms with E-state index in [-0.39, 0.29) is 24.3 Å². The lowest BCUT2D eigenvalue weighted by Crippen LogP contribution is -2.25. The fourth-order valence-corrected chi connectivity index (χ4v) is 2.66. The molecule has 0 atom stereocenters. The van der Waals surface area contributed by atoms with Gasteiger partial charge in [-0.05, 0) is 30.2 Å². The van der Waals surface area contributed by atoms with E-state index in [9.17, 15) is 18.6 Å². The first kappa shape index (κ1) is 18.6. The molecule has 0 bridgehead atoms. The van der Waals surface area contributed by atoms with Gasteiger partial charge in [0.25, 0.3) is 0 Å². The third-order valence-electron chi connectivity index (χ3n) is 3.65. The molecule has 3 N–H and O–H groups in total. The van der Waals surface area contributed by atoms with E-state index in [4.69, 9.17) is 0 Å². The zero-order chi connectivity index (χ0) is 18.1. The minimum Gasteiger partial charge on any atom is -0.392 e. The largest absolute Gasteiger partial charge is 0.392 e. The van der Waals surface area contributed by atoms with Crippen LogP contribution in [0.1, 0.15) is 31.0 Å². The van der Waals surface area contributed by atoms with Crippen molar-refractivity contribution in [1.29, 1.82) is 0 Å². The fourth-order valence-electron chi connectivity index (χ4n) is 2.26. The molecule has 0 spiro atoms. The van der Waals surface area contributed by atoms with Gasteiger partial charge in [0, 0.05) is 24.4 Å².